The molecule has 3 unspecified atom stereocenters. The summed E-state index contributed by atoms with van der Waals surface area (Å²) >= 11 is 1.46. The van der Waals surface area contributed by atoms with Crippen LogP contribution in [0.4, 0.5) is 0 Å². The smallest absolute Gasteiger partial charge is 0.338 e. The number of hydrogen-bond donors (Lipinski definition) is 0. The maximum atomic E-state index is 13.2. The van der Waals surface area contributed by atoms with Gasteiger partial charge in [-0.15, -0.1) is 0 Å². The van der Waals surface area contributed by atoms with Gasteiger partial charge in [-0.25, -0.2) is 9.79 Å². The van der Waals surface area contributed by atoms with Crippen molar-refractivity contribution in [3.8, 4) is 5.75 Å². The second kappa shape index (κ2) is 9.61. The van der Waals surface area contributed by atoms with E-state index in [0.29, 0.717) is 24.4 Å². The van der Waals surface area contributed by atoms with E-state index in [1.807, 2.05) is 60.2 Å². The molecular weight excluding hydrogens is 442 g/mol. The first kappa shape index (κ1) is 23.4. The molecule has 1 aromatic rings. The minimum atomic E-state index is -0.451. The number of nitrogens with zero attached hydrogens (tertiary/aromatic N) is 3. The predicted octanol–water partition coefficient (Wildman–Crippen LogP) is 3.47. The Morgan fingerprint density at radius 3 is 2.42 bits per heavy atom. The van der Waals surface area contributed by atoms with E-state index in [4.69, 9.17) is 14.2 Å². The van der Waals surface area contributed by atoms with Gasteiger partial charge >= 0.3 is 5.97 Å². The molecule has 8 nitrogen and oxygen atoms in total. The van der Waals surface area contributed by atoms with Crippen molar-refractivity contribution in [3.63, 3.8) is 0 Å². The van der Waals surface area contributed by atoms with Crippen LogP contribution in [0.2, 0.25) is 0 Å². The summed E-state index contributed by atoms with van der Waals surface area (Å²) in [5, 5.41) is 2.70. The van der Waals surface area contributed by atoms with Gasteiger partial charge in [0.25, 0.3) is 0 Å². The molecule has 1 fully saturated rings. The molecule has 3 aliphatic heterocycles. The van der Waals surface area contributed by atoms with Gasteiger partial charge in [0, 0.05) is 18.8 Å². The Labute approximate surface area is 198 Å². The van der Waals surface area contributed by atoms with Gasteiger partial charge in [0.05, 0.1) is 50.2 Å². The fraction of sp³-hybridized carbons (Fsp3) is 0.458. The normalized spacial score (nSPS) is 24.8. The molecule has 1 aromatic carbocycles. The van der Waals surface area contributed by atoms with Crippen molar-refractivity contribution in [1.82, 2.24) is 9.80 Å². The number of thioether (sulfide) groups is 1. The zero-order chi connectivity index (χ0) is 23.7. The summed E-state index contributed by atoms with van der Waals surface area (Å²) in [6.45, 7) is 6.91. The van der Waals surface area contributed by atoms with E-state index in [0.717, 1.165) is 22.2 Å². The molecule has 0 radical (unpaired) electrons. The van der Waals surface area contributed by atoms with Crippen molar-refractivity contribution in [2.45, 2.75) is 45.4 Å². The first-order valence-electron chi connectivity index (χ1n) is 10.9. The summed E-state index contributed by atoms with van der Waals surface area (Å²) in [6.07, 6.45) is 0.214. The van der Waals surface area contributed by atoms with Crippen LogP contribution >= 0.6 is 11.8 Å². The number of rotatable bonds is 5. The van der Waals surface area contributed by atoms with E-state index < -0.39 is 12.0 Å². The molecule has 0 spiro atoms. The van der Waals surface area contributed by atoms with E-state index in [9.17, 15) is 9.59 Å². The Morgan fingerprint density at radius 2 is 1.82 bits per heavy atom. The number of carbonyl (C=O) groups is 2. The number of amidine groups is 1. The van der Waals surface area contributed by atoms with Gasteiger partial charge in [-0.1, -0.05) is 23.9 Å². The minimum Gasteiger partial charge on any atom is -0.497 e. The number of carbonyl (C=O) groups excluding carboxylic acids is 2. The molecule has 1 amide bonds. The van der Waals surface area contributed by atoms with Crippen LogP contribution in [0.25, 0.3) is 0 Å². The van der Waals surface area contributed by atoms with E-state index in [2.05, 4.69) is 4.99 Å². The highest BCUT2D eigenvalue weighted by atomic mass is 32.2. The Kier molecular flexibility index (Phi) is 6.81. The second-order valence-electron chi connectivity index (χ2n) is 8.39. The average Bonchev–Trinajstić information content (AvgIpc) is 3.18. The zero-order valence-corrected chi connectivity index (χ0v) is 20.3. The number of fused-ring (bicyclic) bond motifs is 1. The van der Waals surface area contributed by atoms with Crippen LogP contribution in [0, 0.1) is 0 Å². The van der Waals surface area contributed by atoms with Crippen molar-refractivity contribution >= 4 is 28.8 Å². The maximum absolute atomic E-state index is 13.2. The number of methoxy groups -OCH3 is 2. The molecule has 3 aliphatic rings. The first-order valence-corrected chi connectivity index (χ1v) is 11.8. The fourth-order valence-corrected chi connectivity index (χ4v) is 5.45. The third-order valence-electron chi connectivity index (χ3n) is 5.94. The summed E-state index contributed by atoms with van der Waals surface area (Å²) < 4.78 is 16.2. The summed E-state index contributed by atoms with van der Waals surface area (Å²) in [6, 6.07) is 7.12. The molecule has 0 aromatic heterocycles. The van der Waals surface area contributed by atoms with E-state index in [-0.39, 0.29) is 24.5 Å². The lowest BCUT2D eigenvalue weighted by Gasteiger charge is -2.38. The van der Waals surface area contributed by atoms with E-state index >= 15 is 0 Å². The summed E-state index contributed by atoms with van der Waals surface area (Å²) in [5.41, 5.74) is 2.77. The van der Waals surface area contributed by atoms with Crippen LogP contribution in [0.5, 0.6) is 5.75 Å². The average molecular weight is 472 g/mol. The van der Waals surface area contributed by atoms with Crippen LogP contribution < -0.4 is 4.74 Å². The van der Waals surface area contributed by atoms with Gasteiger partial charge in [0.15, 0.2) is 5.17 Å². The molecule has 0 bridgehead atoms. The number of amides is 1. The SMILES string of the molecule is COC(=O)C1=C(C)N=C2SC=C(CC(=O)N3CC(C)OC(C)C3)N2C1c1ccc(OC)cc1. The second-order valence-corrected chi connectivity index (χ2v) is 9.23. The Balaban J connectivity index is 1.66. The maximum Gasteiger partial charge on any atom is 0.338 e. The molecule has 176 valence electrons. The number of hydrogen-bond acceptors (Lipinski definition) is 8. The van der Waals surface area contributed by atoms with Crippen molar-refractivity contribution in [2.24, 2.45) is 4.99 Å². The van der Waals surface area contributed by atoms with E-state index in [1.54, 1.807) is 7.11 Å². The fourth-order valence-electron chi connectivity index (χ4n) is 4.49. The highest BCUT2D eigenvalue weighted by Crippen LogP contribution is 2.45. The Morgan fingerprint density at radius 1 is 1.15 bits per heavy atom. The molecule has 1 saturated heterocycles. The quantitative estimate of drug-likeness (QED) is 0.609. The van der Waals surface area contributed by atoms with Crippen LogP contribution in [-0.4, -0.2) is 66.4 Å². The van der Waals surface area contributed by atoms with Crippen molar-refractivity contribution < 1.29 is 23.8 Å². The predicted molar refractivity (Wildman–Crippen MR) is 127 cm³/mol. The summed E-state index contributed by atoms with van der Waals surface area (Å²) in [5.74, 6) is 0.320. The van der Waals surface area contributed by atoms with Gasteiger partial charge in [0.2, 0.25) is 5.91 Å². The van der Waals surface area contributed by atoms with Crippen LogP contribution in [-0.2, 0) is 19.1 Å². The lowest BCUT2D eigenvalue weighted by atomic mass is 9.93. The van der Waals surface area contributed by atoms with Gasteiger partial charge in [0.1, 0.15) is 5.75 Å². The number of benzene rings is 1. The highest BCUT2D eigenvalue weighted by molar-refractivity contribution is 8.16. The highest BCUT2D eigenvalue weighted by Gasteiger charge is 2.41. The minimum absolute atomic E-state index is 0.000278. The third kappa shape index (κ3) is 4.65. The molecular formula is C24H29N3O5S. The number of morpholine rings is 1. The lowest BCUT2D eigenvalue weighted by Crippen LogP contribution is -2.48. The molecule has 0 aliphatic carbocycles. The van der Waals surface area contributed by atoms with Gasteiger partial charge in [-0.2, -0.15) is 0 Å². The molecule has 0 N–H and O–H groups in total. The molecule has 3 heterocycles. The number of ether oxygens (including phenoxy) is 3. The largest absolute Gasteiger partial charge is 0.497 e. The summed E-state index contributed by atoms with van der Waals surface area (Å²) in [7, 11) is 2.98. The van der Waals surface area contributed by atoms with Gasteiger partial charge in [-0.3, -0.25) is 4.79 Å². The van der Waals surface area contributed by atoms with Crippen LogP contribution in [0.1, 0.15) is 38.8 Å². The van der Waals surface area contributed by atoms with E-state index in [1.165, 1.54) is 18.9 Å². The third-order valence-corrected chi connectivity index (χ3v) is 6.83. The number of allylic oxidation sites excluding steroid dienone is 1. The standard InChI is InChI=1S/C24H29N3O5S/c1-14-11-26(12-15(2)32-14)20(28)10-18-13-33-24-25-16(3)21(23(29)31-5)22(27(18)24)17-6-8-19(30-4)9-7-17/h6-9,13-15,22H,10-12H2,1-5H3. The molecule has 9 heteroatoms. The number of aliphatic imine (C=N–C) groups is 1. The molecule has 0 saturated carbocycles. The first-order chi connectivity index (χ1) is 15.8. The summed E-state index contributed by atoms with van der Waals surface area (Å²) in [4.78, 5) is 34.5. The monoisotopic (exact) mass is 471 g/mol. The van der Waals surface area contributed by atoms with Crippen molar-refractivity contribution in [2.75, 3.05) is 27.3 Å². The van der Waals surface area contributed by atoms with Crippen molar-refractivity contribution in [3.05, 3.63) is 52.2 Å². The molecule has 4 rings (SSSR count). The van der Waals surface area contributed by atoms with Crippen LogP contribution in [0.3, 0.4) is 0 Å². The molecule has 3 atom stereocenters. The topological polar surface area (TPSA) is 80.7 Å². The Hall–Kier alpha value is -2.78. The lowest BCUT2D eigenvalue weighted by molar-refractivity contribution is -0.142. The number of esters is 1. The van der Waals surface area contributed by atoms with Crippen molar-refractivity contribution in [1.29, 1.82) is 0 Å². The molecule has 33 heavy (non-hydrogen) atoms. The van der Waals surface area contributed by atoms with Gasteiger partial charge < -0.3 is 24.0 Å². The van der Waals surface area contributed by atoms with Crippen LogP contribution in [0.15, 0.2) is 51.6 Å². The van der Waals surface area contributed by atoms with Gasteiger partial charge in [-0.05, 0) is 43.9 Å². The Bertz CT molecular complexity index is 1020. The zero-order valence-electron chi connectivity index (χ0n) is 19.5.